The Bertz CT molecular complexity index is 554. The van der Waals surface area contributed by atoms with Crippen molar-refractivity contribution in [1.29, 1.82) is 0 Å². The van der Waals surface area contributed by atoms with Gasteiger partial charge < -0.3 is 15.2 Å². The summed E-state index contributed by atoms with van der Waals surface area (Å²) in [7, 11) is 0. The van der Waals surface area contributed by atoms with Crippen molar-refractivity contribution in [2.75, 3.05) is 6.54 Å². The molecular weight excluding hydrogens is 250 g/mol. The second kappa shape index (κ2) is 7.08. The molecule has 2 aromatic rings. The zero-order chi connectivity index (χ0) is 14.4. The van der Waals surface area contributed by atoms with E-state index in [-0.39, 0.29) is 12.6 Å². The van der Waals surface area contributed by atoms with Gasteiger partial charge in [-0.1, -0.05) is 37.3 Å². The van der Waals surface area contributed by atoms with Crippen LogP contribution in [0.5, 0.6) is 11.5 Å². The second-order valence-corrected chi connectivity index (χ2v) is 4.72. The molecule has 1 atom stereocenters. The van der Waals surface area contributed by atoms with Gasteiger partial charge in [-0.25, -0.2) is 0 Å². The van der Waals surface area contributed by atoms with Crippen LogP contribution in [-0.4, -0.2) is 11.7 Å². The van der Waals surface area contributed by atoms with E-state index in [0.29, 0.717) is 5.75 Å². The summed E-state index contributed by atoms with van der Waals surface area (Å²) in [6, 6.07) is 15.8. The van der Waals surface area contributed by atoms with Crippen molar-refractivity contribution in [1.82, 2.24) is 5.32 Å². The van der Waals surface area contributed by atoms with E-state index < -0.39 is 0 Å². The minimum absolute atomic E-state index is 0.0241. The van der Waals surface area contributed by atoms with Crippen LogP contribution < -0.4 is 10.1 Å². The highest BCUT2D eigenvalue weighted by molar-refractivity contribution is 5.39. The van der Waals surface area contributed by atoms with E-state index >= 15 is 0 Å². The van der Waals surface area contributed by atoms with Gasteiger partial charge in [-0.3, -0.25) is 0 Å². The van der Waals surface area contributed by atoms with Gasteiger partial charge in [0.2, 0.25) is 0 Å². The van der Waals surface area contributed by atoms with Crippen LogP contribution in [0.4, 0.5) is 0 Å². The highest BCUT2D eigenvalue weighted by atomic mass is 16.5. The summed E-state index contributed by atoms with van der Waals surface area (Å²) in [5.74, 6) is 1.48. The molecule has 0 aliphatic carbocycles. The molecule has 0 spiro atoms. The van der Waals surface area contributed by atoms with Crippen LogP contribution in [0.3, 0.4) is 0 Å². The molecule has 0 aliphatic rings. The molecular formula is C17H21NO2. The third-order valence-electron chi connectivity index (χ3n) is 3.24. The summed E-state index contributed by atoms with van der Waals surface area (Å²) >= 11 is 0. The van der Waals surface area contributed by atoms with Crippen LogP contribution in [-0.2, 0) is 6.61 Å². The largest absolute Gasteiger partial charge is 0.457 e. The van der Waals surface area contributed by atoms with Crippen molar-refractivity contribution in [3.63, 3.8) is 0 Å². The SMILES string of the molecule is CCNC(C)c1cccc(Oc2ccccc2CO)c1. The van der Waals surface area contributed by atoms with Crippen LogP contribution in [0.25, 0.3) is 0 Å². The molecule has 0 heterocycles. The Balaban J connectivity index is 2.19. The van der Waals surface area contributed by atoms with E-state index in [4.69, 9.17) is 4.74 Å². The number of hydrogen-bond donors (Lipinski definition) is 2. The Morgan fingerprint density at radius 3 is 2.70 bits per heavy atom. The number of hydrogen-bond acceptors (Lipinski definition) is 3. The maximum Gasteiger partial charge on any atom is 0.132 e. The van der Waals surface area contributed by atoms with E-state index in [1.54, 1.807) is 0 Å². The molecule has 0 aromatic heterocycles. The number of aliphatic hydroxyl groups excluding tert-OH is 1. The summed E-state index contributed by atoms with van der Waals surface area (Å²) < 4.78 is 5.88. The van der Waals surface area contributed by atoms with Gasteiger partial charge >= 0.3 is 0 Å². The van der Waals surface area contributed by atoms with Crippen LogP contribution in [0.15, 0.2) is 48.5 Å². The smallest absolute Gasteiger partial charge is 0.132 e. The van der Waals surface area contributed by atoms with E-state index in [1.165, 1.54) is 5.56 Å². The van der Waals surface area contributed by atoms with E-state index in [2.05, 4.69) is 25.2 Å². The maximum absolute atomic E-state index is 9.32. The molecule has 0 fully saturated rings. The zero-order valence-corrected chi connectivity index (χ0v) is 12.0. The van der Waals surface area contributed by atoms with Crippen LogP contribution in [0.1, 0.15) is 31.0 Å². The first-order valence-electron chi connectivity index (χ1n) is 6.94. The van der Waals surface area contributed by atoms with Gasteiger partial charge in [0.05, 0.1) is 6.61 Å². The Hall–Kier alpha value is -1.84. The lowest BCUT2D eigenvalue weighted by Gasteiger charge is -2.15. The lowest BCUT2D eigenvalue weighted by Crippen LogP contribution is -2.17. The van der Waals surface area contributed by atoms with Crippen molar-refractivity contribution in [3.8, 4) is 11.5 Å². The third-order valence-corrected chi connectivity index (χ3v) is 3.24. The molecule has 20 heavy (non-hydrogen) atoms. The third kappa shape index (κ3) is 3.59. The summed E-state index contributed by atoms with van der Waals surface area (Å²) in [6.07, 6.45) is 0. The summed E-state index contributed by atoms with van der Waals surface area (Å²) in [5, 5.41) is 12.7. The van der Waals surface area contributed by atoms with Crippen molar-refractivity contribution < 1.29 is 9.84 Å². The van der Waals surface area contributed by atoms with Gasteiger partial charge in [0.1, 0.15) is 11.5 Å². The van der Waals surface area contributed by atoms with E-state index in [0.717, 1.165) is 17.9 Å². The molecule has 106 valence electrons. The van der Waals surface area contributed by atoms with E-state index in [1.807, 2.05) is 42.5 Å². The predicted molar refractivity (Wildman–Crippen MR) is 81.0 cm³/mol. The first kappa shape index (κ1) is 14.6. The molecule has 2 rings (SSSR count). The number of para-hydroxylation sites is 1. The quantitative estimate of drug-likeness (QED) is 0.842. The van der Waals surface area contributed by atoms with Crippen molar-refractivity contribution in [2.24, 2.45) is 0 Å². The Labute approximate surface area is 120 Å². The normalized spacial score (nSPS) is 12.2. The van der Waals surface area contributed by atoms with Crippen LogP contribution >= 0.6 is 0 Å². The highest BCUT2D eigenvalue weighted by Crippen LogP contribution is 2.27. The van der Waals surface area contributed by atoms with E-state index in [9.17, 15) is 5.11 Å². The number of benzene rings is 2. The maximum atomic E-state index is 9.32. The molecule has 0 radical (unpaired) electrons. The molecule has 3 nitrogen and oxygen atoms in total. The fraction of sp³-hybridized carbons (Fsp3) is 0.294. The molecule has 2 N–H and O–H groups in total. The fourth-order valence-corrected chi connectivity index (χ4v) is 2.13. The van der Waals surface area contributed by atoms with Gasteiger partial charge in [0, 0.05) is 11.6 Å². The number of rotatable bonds is 6. The van der Waals surface area contributed by atoms with Crippen LogP contribution in [0, 0.1) is 0 Å². The van der Waals surface area contributed by atoms with Crippen molar-refractivity contribution >= 4 is 0 Å². The highest BCUT2D eigenvalue weighted by Gasteiger charge is 2.07. The van der Waals surface area contributed by atoms with Gasteiger partial charge in [-0.2, -0.15) is 0 Å². The Kier molecular flexibility index (Phi) is 5.16. The standard InChI is InChI=1S/C17H21NO2/c1-3-18-13(2)14-8-6-9-16(11-14)20-17-10-5-4-7-15(17)12-19/h4-11,13,18-19H,3,12H2,1-2H3. The minimum atomic E-state index is -0.0241. The predicted octanol–water partition coefficient (Wildman–Crippen LogP) is 3.64. The molecule has 0 aliphatic heterocycles. The minimum Gasteiger partial charge on any atom is -0.457 e. The lowest BCUT2D eigenvalue weighted by atomic mass is 10.1. The average molecular weight is 271 g/mol. The van der Waals surface area contributed by atoms with Crippen LogP contribution in [0.2, 0.25) is 0 Å². The topological polar surface area (TPSA) is 41.5 Å². The van der Waals surface area contributed by atoms with Gasteiger partial charge in [0.25, 0.3) is 0 Å². The summed E-state index contributed by atoms with van der Waals surface area (Å²) in [5.41, 5.74) is 1.98. The first-order valence-corrected chi connectivity index (χ1v) is 6.94. The first-order chi connectivity index (χ1) is 9.74. The molecule has 3 heteroatoms. The van der Waals surface area contributed by atoms with Gasteiger partial charge in [-0.05, 0) is 37.2 Å². The number of aliphatic hydroxyl groups is 1. The van der Waals surface area contributed by atoms with Crippen molar-refractivity contribution in [3.05, 3.63) is 59.7 Å². The Morgan fingerprint density at radius 2 is 1.95 bits per heavy atom. The zero-order valence-electron chi connectivity index (χ0n) is 12.0. The molecule has 0 saturated carbocycles. The number of ether oxygens (including phenoxy) is 1. The van der Waals surface area contributed by atoms with Crippen molar-refractivity contribution in [2.45, 2.75) is 26.5 Å². The second-order valence-electron chi connectivity index (χ2n) is 4.72. The molecule has 0 saturated heterocycles. The molecule has 0 amide bonds. The lowest BCUT2D eigenvalue weighted by molar-refractivity contribution is 0.276. The molecule has 0 bridgehead atoms. The molecule has 1 unspecified atom stereocenters. The van der Waals surface area contributed by atoms with Gasteiger partial charge in [0.15, 0.2) is 0 Å². The summed E-state index contributed by atoms with van der Waals surface area (Å²) in [6.45, 7) is 5.13. The Morgan fingerprint density at radius 1 is 1.15 bits per heavy atom. The monoisotopic (exact) mass is 271 g/mol. The van der Waals surface area contributed by atoms with Gasteiger partial charge in [-0.15, -0.1) is 0 Å². The average Bonchev–Trinajstić information content (AvgIpc) is 2.48. The number of nitrogens with one attached hydrogen (secondary N) is 1. The summed E-state index contributed by atoms with van der Waals surface area (Å²) in [4.78, 5) is 0. The fourth-order valence-electron chi connectivity index (χ4n) is 2.13. The molecule has 2 aromatic carbocycles.